The van der Waals surface area contributed by atoms with Crippen LogP contribution in [0, 0.1) is 6.92 Å². The van der Waals surface area contributed by atoms with Crippen molar-refractivity contribution in [3.05, 3.63) is 68.5 Å². The summed E-state index contributed by atoms with van der Waals surface area (Å²) in [6.45, 7) is 6.77. The van der Waals surface area contributed by atoms with Crippen LogP contribution in [0.2, 0.25) is 5.02 Å². The van der Waals surface area contributed by atoms with Crippen LogP contribution in [0.3, 0.4) is 0 Å². The molecular formula is C25H29ClN4O3S. The van der Waals surface area contributed by atoms with E-state index in [0.29, 0.717) is 17.1 Å². The van der Waals surface area contributed by atoms with Gasteiger partial charge in [0.1, 0.15) is 5.82 Å². The molecular weight excluding hydrogens is 472 g/mol. The van der Waals surface area contributed by atoms with Crippen LogP contribution in [0.1, 0.15) is 26.4 Å². The number of methoxy groups -OCH3 is 2. The first-order chi connectivity index (χ1) is 16.5. The first-order valence-electron chi connectivity index (χ1n) is 11.1. The molecule has 0 radical (unpaired) electrons. The van der Waals surface area contributed by atoms with E-state index in [-0.39, 0.29) is 5.91 Å². The summed E-state index contributed by atoms with van der Waals surface area (Å²) in [6, 6.07) is 11.4. The van der Waals surface area contributed by atoms with Crippen molar-refractivity contribution < 1.29 is 14.3 Å². The first-order valence-corrected chi connectivity index (χ1v) is 12.4. The molecule has 1 saturated heterocycles. The normalized spacial score (nSPS) is 14.2. The lowest BCUT2D eigenvalue weighted by molar-refractivity contribution is 0.0950. The van der Waals surface area contributed by atoms with Gasteiger partial charge in [-0.3, -0.25) is 9.69 Å². The fraction of sp³-hybridized carbons (Fsp3) is 0.360. The van der Waals surface area contributed by atoms with Gasteiger partial charge in [0, 0.05) is 43.3 Å². The Balaban J connectivity index is 1.33. The Hall–Kier alpha value is -2.81. The van der Waals surface area contributed by atoms with Crippen LogP contribution in [-0.2, 0) is 13.1 Å². The Bertz CT molecular complexity index is 1140. The second-order valence-corrected chi connectivity index (χ2v) is 9.49. The largest absolute Gasteiger partial charge is 0.493 e. The number of hydrogen-bond acceptors (Lipinski definition) is 7. The van der Waals surface area contributed by atoms with Gasteiger partial charge in [-0.1, -0.05) is 23.7 Å². The molecule has 1 fully saturated rings. The van der Waals surface area contributed by atoms with Gasteiger partial charge in [-0.05, 0) is 42.3 Å². The Morgan fingerprint density at radius 3 is 2.62 bits per heavy atom. The van der Waals surface area contributed by atoms with E-state index in [4.69, 9.17) is 21.1 Å². The van der Waals surface area contributed by atoms with Crippen LogP contribution in [0.25, 0.3) is 0 Å². The SMILES string of the molecule is COc1ccc(CN2CCN(c3ncsc3CNC(=O)c3cccc(Cl)c3C)CC2)cc1OC. The number of carbonyl (C=O) groups is 1. The van der Waals surface area contributed by atoms with E-state index >= 15 is 0 Å². The summed E-state index contributed by atoms with van der Waals surface area (Å²) in [4.78, 5) is 23.1. The first kappa shape index (κ1) is 24.3. The monoisotopic (exact) mass is 500 g/mol. The molecule has 2 aromatic carbocycles. The van der Waals surface area contributed by atoms with Gasteiger partial charge in [-0.25, -0.2) is 4.98 Å². The highest BCUT2D eigenvalue weighted by atomic mass is 35.5. The highest BCUT2D eigenvalue weighted by molar-refractivity contribution is 7.10. The molecule has 1 amide bonds. The van der Waals surface area contributed by atoms with Crippen LogP contribution in [0.15, 0.2) is 41.9 Å². The minimum atomic E-state index is -0.126. The molecule has 34 heavy (non-hydrogen) atoms. The average Bonchev–Trinajstić information content (AvgIpc) is 3.33. The van der Waals surface area contributed by atoms with E-state index in [1.807, 2.05) is 24.6 Å². The van der Waals surface area contributed by atoms with Gasteiger partial charge in [0.15, 0.2) is 11.5 Å². The topological polar surface area (TPSA) is 66.9 Å². The van der Waals surface area contributed by atoms with Crippen LogP contribution >= 0.6 is 22.9 Å². The maximum absolute atomic E-state index is 12.7. The number of rotatable bonds is 8. The Morgan fingerprint density at radius 1 is 1.12 bits per heavy atom. The predicted octanol–water partition coefficient (Wildman–Crippen LogP) is 4.37. The summed E-state index contributed by atoms with van der Waals surface area (Å²) in [5.74, 6) is 2.32. The number of nitrogens with zero attached hydrogens (tertiary/aromatic N) is 3. The number of benzene rings is 2. The van der Waals surface area contributed by atoms with Gasteiger partial charge in [-0.15, -0.1) is 11.3 Å². The highest BCUT2D eigenvalue weighted by Gasteiger charge is 2.22. The van der Waals surface area contributed by atoms with E-state index in [1.165, 1.54) is 5.56 Å². The maximum atomic E-state index is 12.7. The van der Waals surface area contributed by atoms with Crippen molar-refractivity contribution in [2.45, 2.75) is 20.0 Å². The van der Waals surface area contributed by atoms with Crippen molar-refractivity contribution >= 4 is 34.7 Å². The second-order valence-electron chi connectivity index (χ2n) is 8.15. The van der Waals surface area contributed by atoms with E-state index in [9.17, 15) is 4.79 Å². The third-order valence-corrected chi connectivity index (χ3v) is 7.30. The van der Waals surface area contributed by atoms with Crippen molar-refractivity contribution in [2.75, 3.05) is 45.3 Å². The smallest absolute Gasteiger partial charge is 0.251 e. The van der Waals surface area contributed by atoms with Gasteiger partial charge < -0.3 is 19.7 Å². The molecule has 0 atom stereocenters. The molecule has 9 heteroatoms. The lowest BCUT2D eigenvalue weighted by Crippen LogP contribution is -2.46. The van der Waals surface area contributed by atoms with Crippen LogP contribution in [0.4, 0.5) is 5.82 Å². The zero-order chi connectivity index (χ0) is 24.1. The van der Waals surface area contributed by atoms with Gasteiger partial charge >= 0.3 is 0 Å². The number of aromatic nitrogens is 1. The molecule has 4 rings (SSSR count). The predicted molar refractivity (Wildman–Crippen MR) is 137 cm³/mol. The molecule has 7 nitrogen and oxygen atoms in total. The number of amides is 1. The molecule has 1 aliphatic heterocycles. The van der Waals surface area contributed by atoms with Crippen molar-refractivity contribution in [1.82, 2.24) is 15.2 Å². The lowest BCUT2D eigenvalue weighted by Gasteiger charge is -2.35. The third-order valence-electron chi connectivity index (χ3n) is 6.07. The number of halogens is 1. The number of hydrogen-bond donors (Lipinski definition) is 1. The summed E-state index contributed by atoms with van der Waals surface area (Å²) in [5, 5.41) is 3.62. The van der Waals surface area contributed by atoms with Crippen LogP contribution in [0.5, 0.6) is 11.5 Å². The summed E-state index contributed by atoms with van der Waals surface area (Å²) in [7, 11) is 3.30. The molecule has 0 unspecified atom stereocenters. The van der Waals surface area contributed by atoms with Crippen molar-refractivity contribution in [3.63, 3.8) is 0 Å². The number of thiazole rings is 1. The summed E-state index contributed by atoms with van der Waals surface area (Å²) in [5.41, 5.74) is 4.43. The van der Waals surface area contributed by atoms with Gasteiger partial charge in [0.25, 0.3) is 5.91 Å². The van der Waals surface area contributed by atoms with Crippen molar-refractivity contribution in [3.8, 4) is 11.5 Å². The van der Waals surface area contributed by atoms with Gasteiger partial charge in [-0.2, -0.15) is 0 Å². The van der Waals surface area contributed by atoms with Gasteiger partial charge in [0.05, 0.1) is 31.2 Å². The zero-order valence-corrected chi connectivity index (χ0v) is 21.2. The minimum absolute atomic E-state index is 0.126. The lowest BCUT2D eigenvalue weighted by atomic mass is 10.1. The van der Waals surface area contributed by atoms with E-state index in [0.717, 1.165) is 60.5 Å². The molecule has 3 aromatic rings. The fourth-order valence-electron chi connectivity index (χ4n) is 4.11. The molecule has 0 aliphatic carbocycles. The number of piperazine rings is 1. The Morgan fingerprint density at radius 2 is 1.88 bits per heavy atom. The molecule has 0 spiro atoms. The quantitative estimate of drug-likeness (QED) is 0.495. The zero-order valence-electron chi connectivity index (χ0n) is 19.6. The van der Waals surface area contributed by atoms with Gasteiger partial charge in [0.2, 0.25) is 0 Å². The minimum Gasteiger partial charge on any atom is -0.493 e. The molecule has 0 bridgehead atoms. The number of ether oxygens (including phenoxy) is 2. The molecule has 180 valence electrons. The molecule has 0 saturated carbocycles. The second kappa shape index (κ2) is 11.1. The highest BCUT2D eigenvalue weighted by Crippen LogP contribution is 2.29. The molecule has 1 aliphatic rings. The molecule has 1 aromatic heterocycles. The van der Waals surface area contributed by atoms with E-state index < -0.39 is 0 Å². The summed E-state index contributed by atoms with van der Waals surface area (Å²) >= 11 is 7.73. The molecule has 1 N–H and O–H groups in total. The van der Waals surface area contributed by atoms with Crippen LogP contribution in [-0.4, -0.2) is 56.2 Å². The summed E-state index contributed by atoms with van der Waals surface area (Å²) in [6.07, 6.45) is 0. The van der Waals surface area contributed by atoms with Crippen LogP contribution < -0.4 is 19.7 Å². The average molecular weight is 501 g/mol. The van der Waals surface area contributed by atoms with E-state index in [2.05, 4.69) is 26.2 Å². The third kappa shape index (κ3) is 5.46. The standard InChI is InChI=1S/C25H29ClN4O3S/c1-17-19(5-4-6-20(17)26)25(31)27-14-23-24(28-16-34-23)30-11-9-29(10-12-30)15-18-7-8-21(32-2)22(13-18)33-3/h4-8,13,16H,9-12,14-15H2,1-3H3,(H,27,31). The fourth-order valence-corrected chi connectivity index (χ4v) is 5.00. The molecule has 2 heterocycles. The summed E-state index contributed by atoms with van der Waals surface area (Å²) < 4.78 is 10.8. The van der Waals surface area contributed by atoms with Crippen molar-refractivity contribution in [1.29, 1.82) is 0 Å². The maximum Gasteiger partial charge on any atom is 0.251 e. The Kier molecular flexibility index (Phi) is 7.92. The van der Waals surface area contributed by atoms with Crippen molar-refractivity contribution in [2.24, 2.45) is 0 Å². The number of nitrogens with one attached hydrogen (secondary N) is 1. The van der Waals surface area contributed by atoms with E-state index in [1.54, 1.807) is 43.8 Å². The number of anilines is 1. The Labute approximate surface area is 209 Å². The number of carbonyl (C=O) groups excluding carboxylic acids is 1.